The number of benzene rings is 3. The van der Waals surface area contributed by atoms with Gasteiger partial charge < -0.3 is 19.9 Å². The van der Waals surface area contributed by atoms with E-state index in [0.717, 1.165) is 22.9 Å². The number of ether oxygens (including phenoxy) is 2. The lowest BCUT2D eigenvalue weighted by Crippen LogP contribution is -2.45. The van der Waals surface area contributed by atoms with Crippen molar-refractivity contribution in [1.29, 1.82) is 0 Å². The molecule has 3 rings (SSSR count). The second-order valence-corrected chi connectivity index (χ2v) is 13.3. The van der Waals surface area contributed by atoms with Crippen LogP contribution in [0.1, 0.15) is 56.1 Å². The second-order valence-electron chi connectivity index (χ2n) is 11.5. The Kier molecular flexibility index (Phi) is 10.4. The standard InChI is InChI=1S/C32H40N2O7S/c1-22(2)41-28-20-25(16-17-27(28)29(35)34-42(6,38)39)24-14-12-23(13-15-24)18-19-33-30(36)40-21-32(37,31(3,4)5)26-10-8-7-9-11-26/h7-17,20,22,37H,18-19,21H2,1-6H3,(H,33,36)(H,34,35)/t32-/m0/s1. The van der Waals surface area contributed by atoms with Gasteiger partial charge in [0, 0.05) is 6.54 Å². The Balaban J connectivity index is 1.61. The number of rotatable bonds is 11. The smallest absolute Gasteiger partial charge is 0.407 e. The van der Waals surface area contributed by atoms with Gasteiger partial charge in [0.15, 0.2) is 0 Å². The van der Waals surface area contributed by atoms with Crippen LogP contribution in [0.4, 0.5) is 4.79 Å². The zero-order valence-corrected chi connectivity index (χ0v) is 25.7. The molecule has 0 aliphatic rings. The maximum absolute atomic E-state index is 12.5. The number of sulfonamides is 1. The molecule has 0 bridgehead atoms. The number of carbonyl (C=O) groups is 2. The van der Waals surface area contributed by atoms with E-state index in [1.54, 1.807) is 12.1 Å². The van der Waals surface area contributed by atoms with Gasteiger partial charge in [-0.15, -0.1) is 0 Å². The van der Waals surface area contributed by atoms with Gasteiger partial charge in [0.05, 0.1) is 17.9 Å². The van der Waals surface area contributed by atoms with Crippen LogP contribution in [0.2, 0.25) is 0 Å². The lowest BCUT2D eigenvalue weighted by atomic mass is 9.72. The van der Waals surface area contributed by atoms with Crippen LogP contribution in [0, 0.1) is 5.41 Å². The van der Waals surface area contributed by atoms with Crippen molar-refractivity contribution in [1.82, 2.24) is 10.0 Å². The van der Waals surface area contributed by atoms with Gasteiger partial charge in [-0.1, -0.05) is 81.4 Å². The van der Waals surface area contributed by atoms with Gasteiger partial charge in [-0.2, -0.15) is 0 Å². The lowest BCUT2D eigenvalue weighted by Gasteiger charge is -2.40. The summed E-state index contributed by atoms with van der Waals surface area (Å²) < 4.78 is 36.3. The largest absolute Gasteiger partial charge is 0.490 e. The molecule has 3 N–H and O–H groups in total. The lowest BCUT2D eigenvalue weighted by molar-refractivity contribution is -0.103. The van der Waals surface area contributed by atoms with E-state index in [2.05, 4.69) is 5.32 Å². The Morgan fingerprint density at radius 1 is 0.929 bits per heavy atom. The summed E-state index contributed by atoms with van der Waals surface area (Å²) >= 11 is 0. The molecule has 0 aromatic heterocycles. The molecule has 2 amide bonds. The number of hydrogen-bond acceptors (Lipinski definition) is 7. The zero-order valence-electron chi connectivity index (χ0n) is 24.9. The van der Waals surface area contributed by atoms with E-state index in [-0.39, 0.29) is 24.0 Å². The van der Waals surface area contributed by atoms with Gasteiger partial charge in [-0.3, -0.25) is 4.79 Å². The maximum atomic E-state index is 12.5. The molecule has 3 aromatic rings. The summed E-state index contributed by atoms with van der Waals surface area (Å²) in [5, 5.41) is 14.1. The summed E-state index contributed by atoms with van der Waals surface area (Å²) in [6, 6.07) is 21.9. The predicted molar refractivity (Wildman–Crippen MR) is 163 cm³/mol. The minimum absolute atomic E-state index is 0.122. The molecule has 0 saturated heterocycles. The zero-order chi connectivity index (χ0) is 31.1. The van der Waals surface area contributed by atoms with E-state index in [0.29, 0.717) is 18.5 Å². The molecule has 42 heavy (non-hydrogen) atoms. The van der Waals surface area contributed by atoms with E-state index >= 15 is 0 Å². The average Bonchev–Trinajstić information content (AvgIpc) is 2.90. The third-order valence-corrected chi connectivity index (χ3v) is 7.30. The second kappa shape index (κ2) is 13.4. The van der Waals surface area contributed by atoms with E-state index in [4.69, 9.17) is 9.47 Å². The summed E-state index contributed by atoms with van der Waals surface area (Å²) in [6.45, 7) is 9.48. The van der Waals surface area contributed by atoms with Gasteiger partial charge >= 0.3 is 6.09 Å². The van der Waals surface area contributed by atoms with Crippen LogP contribution in [0.3, 0.4) is 0 Å². The van der Waals surface area contributed by atoms with E-state index < -0.39 is 33.0 Å². The van der Waals surface area contributed by atoms with Crippen LogP contribution >= 0.6 is 0 Å². The molecule has 0 radical (unpaired) electrons. The van der Waals surface area contributed by atoms with Crippen LogP contribution in [0.25, 0.3) is 11.1 Å². The Morgan fingerprint density at radius 2 is 1.55 bits per heavy atom. The molecule has 1 atom stereocenters. The summed E-state index contributed by atoms with van der Waals surface area (Å²) in [4.78, 5) is 24.9. The van der Waals surface area contributed by atoms with Crippen molar-refractivity contribution in [3.8, 4) is 16.9 Å². The SMILES string of the molecule is CC(C)Oc1cc(-c2ccc(CCNC(=O)OC[C@](O)(c3ccccc3)C(C)(C)C)cc2)ccc1C(=O)NS(C)(=O)=O. The Hall–Kier alpha value is -3.89. The highest BCUT2D eigenvalue weighted by molar-refractivity contribution is 7.89. The third-order valence-electron chi connectivity index (χ3n) is 6.74. The van der Waals surface area contributed by atoms with Crippen molar-refractivity contribution in [3.05, 3.63) is 89.5 Å². The highest BCUT2D eigenvalue weighted by Gasteiger charge is 2.43. The average molecular weight is 597 g/mol. The number of amides is 2. The summed E-state index contributed by atoms with van der Waals surface area (Å²) in [5.41, 5.74) is 1.53. The van der Waals surface area contributed by atoms with Crippen molar-refractivity contribution in [3.63, 3.8) is 0 Å². The number of aliphatic hydroxyl groups is 1. The van der Waals surface area contributed by atoms with E-state index in [1.807, 2.05) is 93.9 Å². The van der Waals surface area contributed by atoms with Gasteiger partial charge in [0.1, 0.15) is 18.0 Å². The van der Waals surface area contributed by atoms with Crippen LogP contribution in [-0.2, 0) is 26.8 Å². The fraction of sp³-hybridized carbons (Fsp3) is 0.375. The first kappa shape index (κ1) is 32.6. The highest BCUT2D eigenvalue weighted by Crippen LogP contribution is 2.39. The molecule has 0 fully saturated rings. The van der Waals surface area contributed by atoms with Gasteiger partial charge in [0.25, 0.3) is 5.91 Å². The molecule has 0 unspecified atom stereocenters. The monoisotopic (exact) mass is 596 g/mol. The first-order chi connectivity index (χ1) is 19.6. The molecule has 0 heterocycles. The highest BCUT2D eigenvalue weighted by atomic mass is 32.2. The van der Waals surface area contributed by atoms with Crippen LogP contribution in [0.5, 0.6) is 5.75 Å². The number of hydrogen-bond donors (Lipinski definition) is 3. The topological polar surface area (TPSA) is 131 Å². The van der Waals surface area contributed by atoms with Gasteiger partial charge in [-0.25, -0.2) is 17.9 Å². The van der Waals surface area contributed by atoms with Crippen LogP contribution in [0.15, 0.2) is 72.8 Å². The minimum atomic E-state index is -3.72. The van der Waals surface area contributed by atoms with Crippen LogP contribution < -0.4 is 14.8 Å². The Labute approximate surface area is 248 Å². The molecular formula is C32H40N2O7S. The van der Waals surface area contributed by atoms with Crippen LogP contribution in [-0.4, -0.2) is 51.0 Å². The number of alkyl carbamates (subject to hydrolysis) is 1. The molecule has 0 saturated carbocycles. The molecule has 0 aliphatic carbocycles. The first-order valence-corrected chi connectivity index (χ1v) is 15.6. The quantitative estimate of drug-likeness (QED) is 0.283. The van der Waals surface area contributed by atoms with Gasteiger partial charge in [-0.05, 0) is 60.1 Å². The van der Waals surface area contributed by atoms with Crippen molar-refractivity contribution < 1.29 is 32.6 Å². The van der Waals surface area contributed by atoms with Crippen molar-refractivity contribution in [2.24, 2.45) is 5.41 Å². The third kappa shape index (κ3) is 8.80. The summed E-state index contributed by atoms with van der Waals surface area (Å²) in [5.74, 6) is -0.481. The summed E-state index contributed by atoms with van der Waals surface area (Å²) in [7, 11) is -3.72. The van der Waals surface area contributed by atoms with Crippen molar-refractivity contribution >= 4 is 22.0 Å². The molecule has 0 aliphatic heterocycles. The first-order valence-electron chi connectivity index (χ1n) is 13.7. The fourth-order valence-corrected chi connectivity index (χ4v) is 4.75. The minimum Gasteiger partial charge on any atom is -0.490 e. The Bertz CT molecular complexity index is 1480. The molecule has 10 heteroatoms. The normalized spacial score (nSPS) is 13.2. The molecule has 0 spiro atoms. The van der Waals surface area contributed by atoms with Crippen molar-refractivity contribution in [2.45, 2.75) is 52.7 Å². The van der Waals surface area contributed by atoms with E-state index in [9.17, 15) is 23.1 Å². The maximum Gasteiger partial charge on any atom is 0.407 e. The molecule has 226 valence electrons. The van der Waals surface area contributed by atoms with Gasteiger partial charge in [0.2, 0.25) is 10.0 Å². The molecule has 3 aromatic carbocycles. The number of carbonyl (C=O) groups excluding carboxylic acids is 2. The predicted octanol–water partition coefficient (Wildman–Crippen LogP) is 5.03. The number of nitrogens with one attached hydrogen (secondary N) is 2. The van der Waals surface area contributed by atoms with Crippen molar-refractivity contribution in [2.75, 3.05) is 19.4 Å². The fourth-order valence-electron chi connectivity index (χ4n) is 4.30. The summed E-state index contributed by atoms with van der Waals surface area (Å²) in [6.07, 6.45) is 0.639. The Morgan fingerprint density at radius 3 is 2.12 bits per heavy atom. The molecule has 9 nitrogen and oxygen atoms in total. The molecular weight excluding hydrogens is 556 g/mol. The van der Waals surface area contributed by atoms with E-state index in [1.165, 1.54) is 6.07 Å².